The van der Waals surface area contributed by atoms with Crippen LogP contribution in [0.3, 0.4) is 0 Å². The molecule has 0 radical (unpaired) electrons. The van der Waals surface area contributed by atoms with Gasteiger partial charge in [-0.3, -0.25) is 4.79 Å². The highest BCUT2D eigenvalue weighted by Gasteiger charge is 2.06. The molecule has 1 N–H and O–H groups in total. The summed E-state index contributed by atoms with van der Waals surface area (Å²) in [5.74, 6) is 0.774. The maximum Gasteiger partial charge on any atom is 0.251 e. The highest BCUT2D eigenvalue weighted by molar-refractivity contribution is 5.94. The van der Waals surface area contributed by atoms with Crippen LogP contribution in [0.5, 0.6) is 5.75 Å². The van der Waals surface area contributed by atoms with Crippen molar-refractivity contribution in [3.63, 3.8) is 0 Å². The Labute approximate surface area is 170 Å². The first-order valence-electron chi connectivity index (χ1n) is 9.74. The Bertz CT molecular complexity index is 1070. The van der Waals surface area contributed by atoms with Gasteiger partial charge in [0.15, 0.2) is 0 Å². The second-order valence-corrected chi connectivity index (χ2v) is 6.83. The molecule has 5 heteroatoms. The van der Waals surface area contributed by atoms with E-state index in [4.69, 9.17) is 4.74 Å². The van der Waals surface area contributed by atoms with Gasteiger partial charge in [0.25, 0.3) is 5.91 Å². The maximum absolute atomic E-state index is 12.3. The molecule has 5 nitrogen and oxygen atoms in total. The molecule has 3 aromatic carbocycles. The van der Waals surface area contributed by atoms with E-state index < -0.39 is 0 Å². The second-order valence-electron chi connectivity index (χ2n) is 6.83. The van der Waals surface area contributed by atoms with Crippen LogP contribution in [-0.2, 0) is 13.2 Å². The minimum Gasteiger partial charge on any atom is -0.489 e. The molecule has 0 aliphatic carbocycles. The summed E-state index contributed by atoms with van der Waals surface area (Å²) in [6, 6.07) is 25.3. The fourth-order valence-electron chi connectivity index (χ4n) is 3.18. The zero-order valence-electron chi connectivity index (χ0n) is 16.1. The van der Waals surface area contributed by atoms with E-state index in [0.717, 1.165) is 35.3 Å². The summed E-state index contributed by atoms with van der Waals surface area (Å²) in [4.78, 5) is 16.7. The molecule has 1 heterocycles. The van der Waals surface area contributed by atoms with Gasteiger partial charge in [-0.1, -0.05) is 42.5 Å². The number of ether oxygens (including phenoxy) is 1. The van der Waals surface area contributed by atoms with Crippen molar-refractivity contribution in [3.05, 3.63) is 96.3 Å². The van der Waals surface area contributed by atoms with Gasteiger partial charge in [0, 0.05) is 18.7 Å². The molecule has 0 atom stereocenters. The average Bonchev–Trinajstić information content (AvgIpc) is 3.19. The number of rotatable bonds is 8. The Morgan fingerprint density at radius 3 is 2.52 bits per heavy atom. The molecule has 4 rings (SSSR count). The number of carbonyl (C=O) groups is 1. The van der Waals surface area contributed by atoms with E-state index >= 15 is 0 Å². The SMILES string of the molecule is O=C(NCCCn1cnc2ccccc21)c1ccc(COc2ccccc2)cc1. The lowest BCUT2D eigenvalue weighted by atomic mass is 10.1. The van der Waals surface area contributed by atoms with Crippen molar-refractivity contribution in [3.8, 4) is 5.75 Å². The highest BCUT2D eigenvalue weighted by atomic mass is 16.5. The van der Waals surface area contributed by atoms with Crippen LogP contribution < -0.4 is 10.1 Å². The molecule has 29 heavy (non-hydrogen) atoms. The monoisotopic (exact) mass is 385 g/mol. The molecular formula is C24H23N3O2. The predicted octanol–water partition coefficient (Wildman–Crippen LogP) is 4.44. The first kappa shape index (κ1) is 18.7. The summed E-state index contributed by atoms with van der Waals surface area (Å²) in [5, 5.41) is 2.98. The molecule has 1 aromatic heterocycles. The standard InChI is InChI=1S/C24H23N3O2/c28-24(25-15-6-16-27-18-26-22-9-4-5-10-23(22)27)20-13-11-19(12-14-20)17-29-21-7-2-1-3-8-21/h1-5,7-14,18H,6,15-17H2,(H,25,28). The summed E-state index contributed by atoms with van der Waals surface area (Å²) in [5.41, 5.74) is 3.79. The molecule has 1 amide bonds. The molecule has 0 aliphatic rings. The third-order valence-electron chi connectivity index (χ3n) is 4.75. The number of amides is 1. The lowest BCUT2D eigenvalue weighted by Gasteiger charge is -2.08. The normalized spacial score (nSPS) is 10.8. The Hall–Kier alpha value is -3.60. The molecule has 0 spiro atoms. The number of aryl methyl sites for hydroxylation is 1. The third-order valence-corrected chi connectivity index (χ3v) is 4.75. The fourth-order valence-corrected chi connectivity index (χ4v) is 3.18. The minimum atomic E-state index is -0.0592. The lowest BCUT2D eigenvalue weighted by molar-refractivity contribution is 0.0952. The van der Waals surface area contributed by atoms with Gasteiger partial charge in [-0.2, -0.15) is 0 Å². The van der Waals surface area contributed by atoms with Crippen molar-refractivity contribution >= 4 is 16.9 Å². The Balaban J connectivity index is 1.23. The first-order valence-corrected chi connectivity index (χ1v) is 9.74. The number of hydrogen-bond acceptors (Lipinski definition) is 3. The van der Waals surface area contributed by atoms with Gasteiger partial charge in [0.1, 0.15) is 12.4 Å². The van der Waals surface area contributed by atoms with E-state index in [2.05, 4.69) is 20.9 Å². The van der Waals surface area contributed by atoms with Crippen LogP contribution >= 0.6 is 0 Å². The summed E-state index contributed by atoms with van der Waals surface area (Å²) >= 11 is 0. The molecule has 0 unspecified atom stereocenters. The minimum absolute atomic E-state index is 0.0592. The van der Waals surface area contributed by atoms with E-state index in [1.165, 1.54) is 0 Å². The number of hydrogen-bond donors (Lipinski definition) is 1. The van der Waals surface area contributed by atoms with Crippen molar-refractivity contribution in [2.75, 3.05) is 6.54 Å². The van der Waals surface area contributed by atoms with Gasteiger partial charge >= 0.3 is 0 Å². The number of para-hydroxylation sites is 3. The van der Waals surface area contributed by atoms with Gasteiger partial charge in [0.2, 0.25) is 0 Å². The van der Waals surface area contributed by atoms with Crippen LogP contribution in [0.15, 0.2) is 85.2 Å². The Kier molecular flexibility index (Phi) is 5.86. The second kappa shape index (κ2) is 9.06. The van der Waals surface area contributed by atoms with Crippen LogP contribution in [0.1, 0.15) is 22.3 Å². The first-order chi connectivity index (χ1) is 14.3. The van der Waals surface area contributed by atoms with Gasteiger partial charge in [-0.25, -0.2) is 4.98 Å². The molecule has 0 aliphatic heterocycles. The summed E-state index contributed by atoms with van der Waals surface area (Å²) in [6.45, 7) is 1.91. The number of nitrogens with zero attached hydrogens (tertiary/aromatic N) is 2. The zero-order chi connectivity index (χ0) is 19.9. The number of carbonyl (C=O) groups excluding carboxylic acids is 1. The Morgan fingerprint density at radius 2 is 1.69 bits per heavy atom. The Morgan fingerprint density at radius 1 is 0.931 bits per heavy atom. The average molecular weight is 385 g/mol. The summed E-state index contributed by atoms with van der Waals surface area (Å²) in [7, 11) is 0. The van der Waals surface area contributed by atoms with Gasteiger partial charge < -0.3 is 14.6 Å². The van der Waals surface area contributed by atoms with Gasteiger partial charge in [-0.05, 0) is 48.4 Å². The van der Waals surface area contributed by atoms with Crippen LogP contribution in [0, 0.1) is 0 Å². The number of benzene rings is 3. The van der Waals surface area contributed by atoms with Gasteiger partial charge in [0.05, 0.1) is 17.4 Å². The molecule has 0 saturated heterocycles. The van der Waals surface area contributed by atoms with E-state index in [9.17, 15) is 4.79 Å². The van der Waals surface area contributed by atoms with E-state index in [1.807, 2.05) is 79.1 Å². The molecule has 4 aromatic rings. The summed E-state index contributed by atoms with van der Waals surface area (Å²) < 4.78 is 7.84. The van der Waals surface area contributed by atoms with Crippen molar-refractivity contribution in [1.29, 1.82) is 0 Å². The highest BCUT2D eigenvalue weighted by Crippen LogP contribution is 2.13. The molecular weight excluding hydrogens is 362 g/mol. The van der Waals surface area contributed by atoms with Crippen molar-refractivity contribution in [1.82, 2.24) is 14.9 Å². The maximum atomic E-state index is 12.3. The van der Waals surface area contributed by atoms with Crippen molar-refractivity contribution < 1.29 is 9.53 Å². The van der Waals surface area contributed by atoms with Crippen LogP contribution in [0.2, 0.25) is 0 Å². The lowest BCUT2D eigenvalue weighted by Crippen LogP contribution is -2.25. The summed E-state index contributed by atoms with van der Waals surface area (Å²) in [6.07, 6.45) is 2.69. The molecule has 0 bridgehead atoms. The molecule has 146 valence electrons. The fraction of sp³-hybridized carbons (Fsp3) is 0.167. The zero-order valence-corrected chi connectivity index (χ0v) is 16.1. The predicted molar refractivity (Wildman–Crippen MR) is 114 cm³/mol. The van der Waals surface area contributed by atoms with E-state index in [1.54, 1.807) is 0 Å². The quantitative estimate of drug-likeness (QED) is 0.456. The van der Waals surface area contributed by atoms with Crippen LogP contribution in [0.4, 0.5) is 0 Å². The van der Waals surface area contributed by atoms with Gasteiger partial charge in [-0.15, -0.1) is 0 Å². The van der Waals surface area contributed by atoms with E-state index in [-0.39, 0.29) is 5.91 Å². The number of fused-ring (bicyclic) bond motifs is 1. The third kappa shape index (κ3) is 4.82. The number of nitrogens with one attached hydrogen (secondary N) is 1. The number of imidazole rings is 1. The molecule has 0 saturated carbocycles. The smallest absolute Gasteiger partial charge is 0.251 e. The van der Waals surface area contributed by atoms with Crippen LogP contribution in [-0.4, -0.2) is 22.0 Å². The van der Waals surface area contributed by atoms with Crippen LogP contribution in [0.25, 0.3) is 11.0 Å². The van der Waals surface area contributed by atoms with Crippen molar-refractivity contribution in [2.45, 2.75) is 19.6 Å². The number of aromatic nitrogens is 2. The molecule has 0 fully saturated rings. The van der Waals surface area contributed by atoms with E-state index in [0.29, 0.717) is 18.7 Å². The topological polar surface area (TPSA) is 56.2 Å². The largest absolute Gasteiger partial charge is 0.489 e. The van der Waals surface area contributed by atoms with Crippen molar-refractivity contribution in [2.24, 2.45) is 0 Å².